The molecule has 1 fully saturated rings. The monoisotopic (exact) mass is 550 g/mol. The van der Waals surface area contributed by atoms with Gasteiger partial charge in [0.25, 0.3) is 0 Å². The Morgan fingerprint density at radius 3 is 2.67 bits per heavy atom. The average Bonchev–Trinajstić information content (AvgIpc) is 3.01. The van der Waals surface area contributed by atoms with Crippen LogP contribution in [0.1, 0.15) is 44.9 Å². The Bertz CT molecular complexity index is 1180. The zero-order chi connectivity index (χ0) is 26.0. The normalized spacial score (nSPS) is 18.4. The van der Waals surface area contributed by atoms with E-state index in [-0.39, 0.29) is 17.7 Å². The molecule has 8 nitrogen and oxygen atoms in total. The second kappa shape index (κ2) is 10.9. The molecule has 0 aliphatic carbocycles. The summed E-state index contributed by atoms with van der Waals surface area (Å²) in [6, 6.07) is 7.49. The summed E-state index contributed by atoms with van der Waals surface area (Å²) in [7, 11) is 0. The minimum atomic E-state index is -0.610. The molecular formula is C25H29Cl3N6O2. The summed E-state index contributed by atoms with van der Waals surface area (Å²) in [5, 5.41) is 10.6. The molecule has 4 rings (SSSR count). The molecule has 1 aromatic heterocycles. The van der Waals surface area contributed by atoms with Crippen molar-refractivity contribution in [2.24, 2.45) is 0 Å². The first-order chi connectivity index (χ1) is 17.1. The van der Waals surface area contributed by atoms with Gasteiger partial charge in [0, 0.05) is 31.7 Å². The quantitative estimate of drug-likeness (QED) is 0.450. The lowest BCUT2D eigenvalue weighted by atomic mass is 10.1. The van der Waals surface area contributed by atoms with E-state index >= 15 is 0 Å². The molecule has 3 heterocycles. The van der Waals surface area contributed by atoms with Gasteiger partial charge in [0.05, 0.1) is 46.5 Å². The van der Waals surface area contributed by atoms with E-state index in [0.717, 1.165) is 42.1 Å². The van der Waals surface area contributed by atoms with Crippen LogP contribution in [0.3, 0.4) is 0 Å². The maximum atomic E-state index is 12.8. The van der Waals surface area contributed by atoms with Crippen LogP contribution in [0.15, 0.2) is 18.2 Å². The van der Waals surface area contributed by atoms with E-state index < -0.39 is 11.7 Å². The molecule has 2 aliphatic rings. The lowest BCUT2D eigenvalue weighted by molar-refractivity contribution is 0.0145. The van der Waals surface area contributed by atoms with Crippen molar-refractivity contribution in [3.63, 3.8) is 0 Å². The number of nitriles is 1. The fraction of sp³-hybridized carbons (Fsp3) is 0.520. The van der Waals surface area contributed by atoms with E-state index in [2.05, 4.69) is 25.8 Å². The number of carbonyl (C=O) groups excluding carboxylic acids is 1. The molecule has 0 spiro atoms. The van der Waals surface area contributed by atoms with Gasteiger partial charge in [-0.2, -0.15) is 5.26 Å². The highest BCUT2D eigenvalue weighted by molar-refractivity contribution is 6.43. The van der Waals surface area contributed by atoms with Crippen molar-refractivity contribution in [2.75, 3.05) is 36.0 Å². The highest BCUT2D eigenvalue weighted by Crippen LogP contribution is 2.36. The van der Waals surface area contributed by atoms with Gasteiger partial charge in [-0.15, -0.1) is 0 Å². The minimum Gasteiger partial charge on any atom is -0.444 e. The fourth-order valence-electron chi connectivity index (χ4n) is 4.67. The van der Waals surface area contributed by atoms with Gasteiger partial charge >= 0.3 is 6.09 Å². The van der Waals surface area contributed by atoms with Crippen molar-refractivity contribution in [2.45, 2.75) is 58.2 Å². The summed E-state index contributed by atoms with van der Waals surface area (Å²) in [5.41, 5.74) is 2.11. The largest absolute Gasteiger partial charge is 0.444 e. The molecule has 192 valence electrons. The fourth-order valence-corrected chi connectivity index (χ4v) is 5.27. The smallest absolute Gasteiger partial charge is 0.410 e. The highest BCUT2D eigenvalue weighted by Gasteiger charge is 2.35. The van der Waals surface area contributed by atoms with Crippen molar-refractivity contribution in [3.8, 4) is 6.07 Å². The number of aromatic nitrogens is 2. The first kappa shape index (κ1) is 26.6. The summed E-state index contributed by atoms with van der Waals surface area (Å²) in [5.74, 6) is 0.760. The van der Waals surface area contributed by atoms with Crippen LogP contribution in [0.5, 0.6) is 0 Å². The number of hydrogen-bond acceptors (Lipinski definition) is 7. The molecule has 1 atom stereocenters. The van der Waals surface area contributed by atoms with E-state index in [0.29, 0.717) is 36.2 Å². The van der Waals surface area contributed by atoms with Crippen LogP contribution < -0.4 is 9.80 Å². The van der Waals surface area contributed by atoms with Crippen LogP contribution in [-0.2, 0) is 17.7 Å². The van der Waals surface area contributed by atoms with Crippen LogP contribution in [-0.4, -0.2) is 58.8 Å². The Labute approximate surface area is 226 Å². The number of piperazine rings is 1. The predicted molar refractivity (Wildman–Crippen MR) is 142 cm³/mol. The summed E-state index contributed by atoms with van der Waals surface area (Å²) in [4.78, 5) is 27.9. The molecule has 1 aromatic carbocycles. The SMILES string of the molecule is CC(C)(C)OC(=O)N1CCN(c2nc(Cl)nc3c2CCCN(c2cccc(Cl)c2Cl)C3)CC1CC#N. The number of nitrogens with zero attached hydrogens (tertiary/aromatic N) is 6. The maximum absolute atomic E-state index is 12.8. The van der Waals surface area contributed by atoms with Crippen LogP contribution >= 0.6 is 34.8 Å². The topological polar surface area (TPSA) is 85.6 Å². The first-order valence-corrected chi connectivity index (χ1v) is 13.1. The Balaban J connectivity index is 1.61. The Morgan fingerprint density at radius 2 is 1.94 bits per heavy atom. The third-order valence-electron chi connectivity index (χ3n) is 6.25. The summed E-state index contributed by atoms with van der Waals surface area (Å²) in [6.07, 6.45) is 1.42. The number of ether oxygens (including phenoxy) is 1. The zero-order valence-corrected chi connectivity index (χ0v) is 22.9. The van der Waals surface area contributed by atoms with Crippen LogP contribution in [0.4, 0.5) is 16.3 Å². The van der Waals surface area contributed by atoms with Gasteiger partial charge in [-0.05, 0) is 57.3 Å². The molecule has 0 bridgehead atoms. The predicted octanol–water partition coefficient (Wildman–Crippen LogP) is 5.73. The second-order valence-corrected chi connectivity index (χ2v) is 11.1. The van der Waals surface area contributed by atoms with Gasteiger partial charge in [0.15, 0.2) is 0 Å². The van der Waals surface area contributed by atoms with Gasteiger partial charge in [-0.3, -0.25) is 0 Å². The molecule has 2 aliphatic heterocycles. The van der Waals surface area contributed by atoms with Gasteiger partial charge in [-0.1, -0.05) is 29.3 Å². The van der Waals surface area contributed by atoms with Gasteiger partial charge in [0.1, 0.15) is 11.4 Å². The number of halogens is 3. The summed E-state index contributed by atoms with van der Waals surface area (Å²) >= 11 is 19.2. The number of fused-ring (bicyclic) bond motifs is 1. The average molecular weight is 552 g/mol. The van der Waals surface area contributed by atoms with Crippen molar-refractivity contribution in [1.82, 2.24) is 14.9 Å². The van der Waals surface area contributed by atoms with Crippen LogP contribution in [0.2, 0.25) is 15.3 Å². The molecule has 11 heteroatoms. The molecule has 0 saturated carbocycles. The van der Waals surface area contributed by atoms with E-state index in [1.807, 2.05) is 32.9 Å². The molecule has 1 amide bonds. The van der Waals surface area contributed by atoms with Gasteiger partial charge in [-0.25, -0.2) is 14.8 Å². The van der Waals surface area contributed by atoms with E-state index in [1.54, 1.807) is 11.0 Å². The van der Waals surface area contributed by atoms with E-state index in [9.17, 15) is 10.1 Å². The lowest BCUT2D eigenvalue weighted by Gasteiger charge is -2.42. The molecule has 1 saturated heterocycles. The Hall–Kier alpha value is -2.47. The number of benzene rings is 1. The molecule has 0 radical (unpaired) electrons. The van der Waals surface area contributed by atoms with E-state index in [1.165, 1.54) is 0 Å². The first-order valence-electron chi connectivity index (χ1n) is 11.9. The lowest BCUT2D eigenvalue weighted by Crippen LogP contribution is -2.56. The molecular weight excluding hydrogens is 523 g/mol. The third-order valence-corrected chi connectivity index (χ3v) is 7.23. The highest BCUT2D eigenvalue weighted by atomic mass is 35.5. The van der Waals surface area contributed by atoms with Crippen LogP contribution in [0, 0.1) is 11.3 Å². The summed E-state index contributed by atoms with van der Waals surface area (Å²) < 4.78 is 5.58. The maximum Gasteiger partial charge on any atom is 0.410 e. The van der Waals surface area contributed by atoms with Gasteiger partial charge in [0.2, 0.25) is 5.28 Å². The number of rotatable bonds is 3. The number of carbonyl (C=O) groups is 1. The molecule has 1 unspecified atom stereocenters. The zero-order valence-electron chi connectivity index (χ0n) is 20.6. The number of amides is 1. The standard InChI is InChI=1S/C25H29Cl3N6O2/c1-25(2,3)36-24(35)34-13-12-33(14-16(34)9-10-29)22-17-6-5-11-32(15-19(17)30-23(28)31-22)20-8-4-7-18(26)21(20)27/h4,7-8,16H,5-6,9,11-15H2,1-3H3. The Kier molecular flexibility index (Phi) is 8.03. The van der Waals surface area contributed by atoms with Crippen molar-refractivity contribution in [1.29, 1.82) is 5.26 Å². The number of hydrogen-bond donors (Lipinski definition) is 0. The third kappa shape index (κ3) is 5.91. The molecule has 0 N–H and O–H groups in total. The van der Waals surface area contributed by atoms with Crippen molar-refractivity contribution < 1.29 is 9.53 Å². The number of anilines is 2. The van der Waals surface area contributed by atoms with E-state index in [4.69, 9.17) is 39.5 Å². The van der Waals surface area contributed by atoms with Gasteiger partial charge < -0.3 is 19.4 Å². The van der Waals surface area contributed by atoms with Crippen molar-refractivity contribution in [3.05, 3.63) is 44.8 Å². The second-order valence-electron chi connectivity index (χ2n) is 9.98. The summed E-state index contributed by atoms with van der Waals surface area (Å²) in [6.45, 7) is 8.21. The molecule has 36 heavy (non-hydrogen) atoms. The Morgan fingerprint density at radius 1 is 1.17 bits per heavy atom. The molecule has 2 aromatic rings. The van der Waals surface area contributed by atoms with Crippen molar-refractivity contribution >= 4 is 52.4 Å². The van der Waals surface area contributed by atoms with Crippen LogP contribution in [0.25, 0.3) is 0 Å². The minimum absolute atomic E-state index is 0.161.